The number of benzene rings is 1. The standard InChI is InChI=1S/C23H28ClN3O3S2/c1-5-30-16-9-6-12(10-15(16)24)20(29)26-22(31)27-21-18(19(25)28)14-8-7-13(23(2,3)4)11-17(14)32-21/h6,9-10,13H,5,7-8,11H2,1-4H3,(H2,25,28)(H2,26,27,29,31)/t13-/m1/s1. The van der Waals surface area contributed by atoms with E-state index in [1.54, 1.807) is 12.1 Å². The van der Waals surface area contributed by atoms with Crippen LogP contribution in [0.25, 0.3) is 0 Å². The van der Waals surface area contributed by atoms with Crippen LogP contribution in [0, 0.1) is 11.3 Å². The summed E-state index contributed by atoms with van der Waals surface area (Å²) in [5.41, 5.74) is 7.69. The van der Waals surface area contributed by atoms with Gasteiger partial charge in [-0.15, -0.1) is 11.3 Å². The summed E-state index contributed by atoms with van der Waals surface area (Å²) in [4.78, 5) is 26.0. The molecule has 1 heterocycles. The first-order valence-electron chi connectivity index (χ1n) is 10.5. The molecule has 6 nitrogen and oxygen atoms in total. The number of carbonyl (C=O) groups excluding carboxylic acids is 2. The lowest BCUT2D eigenvalue weighted by Gasteiger charge is -2.33. The Labute approximate surface area is 202 Å². The predicted octanol–water partition coefficient (Wildman–Crippen LogP) is 5.18. The molecular formula is C23H28ClN3O3S2. The lowest BCUT2D eigenvalue weighted by atomic mass is 9.72. The first kappa shape index (κ1) is 24.5. The first-order valence-corrected chi connectivity index (χ1v) is 12.1. The highest BCUT2D eigenvalue weighted by atomic mass is 35.5. The van der Waals surface area contributed by atoms with E-state index in [2.05, 4.69) is 31.4 Å². The molecule has 0 saturated heterocycles. The van der Waals surface area contributed by atoms with E-state index in [0.717, 1.165) is 29.7 Å². The van der Waals surface area contributed by atoms with E-state index in [1.165, 1.54) is 17.4 Å². The van der Waals surface area contributed by atoms with Crippen LogP contribution >= 0.6 is 35.2 Å². The number of primary amides is 1. The van der Waals surface area contributed by atoms with Gasteiger partial charge in [-0.1, -0.05) is 32.4 Å². The molecule has 2 amide bonds. The van der Waals surface area contributed by atoms with Crippen molar-refractivity contribution in [1.29, 1.82) is 0 Å². The Morgan fingerprint density at radius 2 is 2.06 bits per heavy atom. The Morgan fingerprint density at radius 3 is 2.66 bits per heavy atom. The van der Waals surface area contributed by atoms with Gasteiger partial charge in [-0.05, 0) is 73.5 Å². The van der Waals surface area contributed by atoms with Gasteiger partial charge in [-0.2, -0.15) is 0 Å². The topological polar surface area (TPSA) is 93.4 Å². The largest absolute Gasteiger partial charge is 0.492 e. The maximum atomic E-state index is 12.6. The average molecular weight is 494 g/mol. The van der Waals surface area contributed by atoms with Crippen molar-refractivity contribution in [3.63, 3.8) is 0 Å². The van der Waals surface area contributed by atoms with Gasteiger partial charge in [0.25, 0.3) is 11.8 Å². The van der Waals surface area contributed by atoms with E-state index in [9.17, 15) is 9.59 Å². The van der Waals surface area contributed by atoms with Crippen molar-refractivity contribution in [2.45, 2.75) is 47.0 Å². The molecule has 32 heavy (non-hydrogen) atoms. The first-order chi connectivity index (χ1) is 15.0. The fourth-order valence-corrected chi connectivity index (χ4v) is 5.73. The second-order valence-corrected chi connectivity index (χ2v) is 10.8. The van der Waals surface area contributed by atoms with Crippen molar-refractivity contribution < 1.29 is 14.3 Å². The Morgan fingerprint density at radius 1 is 1.34 bits per heavy atom. The number of thiocarbonyl (C=S) groups is 1. The second kappa shape index (κ2) is 9.77. The van der Waals surface area contributed by atoms with Crippen molar-refractivity contribution in [2.75, 3.05) is 11.9 Å². The number of rotatable bonds is 5. The molecule has 1 aromatic heterocycles. The number of nitrogens with two attached hydrogens (primary N) is 1. The Kier molecular flexibility index (Phi) is 7.47. The van der Waals surface area contributed by atoms with Crippen LogP contribution in [0.5, 0.6) is 5.75 Å². The number of carbonyl (C=O) groups is 2. The third-order valence-electron chi connectivity index (χ3n) is 5.68. The molecule has 0 fully saturated rings. The Bertz CT molecular complexity index is 1060. The van der Waals surface area contributed by atoms with Gasteiger partial charge in [-0.25, -0.2) is 0 Å². The summed E-state index contributed by atoms with van der Waals surface area (Å²) in [6.45, 7) is 9.04. The highest BCUT2D eigenvalue weighted by Crippen LogP contribution is 2.44. The molecule has 0 spiro atoms. The molecule has 0 aliphatic heterocycles. The van der Waals surface area contributed by atoms with Crippen LogP contribution in [-0.2, 0) is 12.8 Å². The maximum Gasteiger partial charge on any atom is 0.257 e. The van der Waals surface area contributed by atoms with Crippen LogP contribution in [0.3, 0.4) is 0 Å². The fourth-order valence-electron chi connectivity index (χ4n) is 3.90. The molecule has 2 aromatic rings. The lowest BCUT2D eigenvalue weighted by molar-refractivity contribution is 0.0975. The zero-order valence-corrected chi connectivity index (χ0v) is 21.0. The average Bonchev–Trinajstić information content (AvgIpc) is 3.05. The van der Waals surface area contributed by atoms with Gasteiger partial charge in [0.05, 0.1) is 17.2 Å². The van der Waals surface area contributed by atoms with Gasteiger partial charge >= 0.3 is 0 Å². The number of fused-ring (bicyclic) bond motifs is 1. The number of amides is 2. The third kappa shape index (κ3) is 5.42. The van der Waals surface area contributed by atoms with Crippen LogP contribution in [0.15, 0.2) is 18.2 Å². The Balaban J connectivity index is 1.75. The second-order valence-electron chi connectivity index (χ2n) is 8.86. The number of ether oxygens (including phenoxy) is 1. The van der Waals surface area contributed by atoms with Crippen LogP contribution < -0.4 is 21.1 Å². The summed E-state index contributed by atoms with van der Waals surface area (Å²) < 4.78 is 5.39. The van der Waals surface area contributed by atoms with Crippen molar-refractivity contribution in [3.8, 4) is 5.75 Å². The quantitative estimate of drug-likeness (QED) is 0.499. The number of hydrogen-bond acceptors (Lipinski definition) is 5. The summed E-state index contributed by atoms with van der Waals surface area (Å²) in [7, 11) is 0. The molecule has 172 valence electrons. The number of hydrogen-bond donors (Lipinski definition) is 3. The normalized spacial score (nSPS) is 15.6. The highest BCUT2D eigenvalue weighted by Gasteiger charge is 2.33. The monoisotopic (exact) mass is 493 g/mol. The van der Waals surface area contributed by atoms with E-state index in [-0.39, 0.29) is 10.5 Å². The molecule has 1 atom stereocenters. The molecule has 4 N–H and O–H groups in total. The Hall–Kier alpha value is -2.16. The molecule has 0 saturated carbocycles. The van der Waals surface area contributed by atoms with Crippen molar-refractivity contribution >= 4 is 57.1 Å². The van der Waals surface area contributed by atoms with E-state index in [4.69, 9.17) is 34.3 Å². The lowest BCUT2D eigenvalue weighted by Crippen LogP contribution is -2.34. The SMILES string of the molecule is CCOc1ccc(C(=O)NC(=S)Nc2sc3c(c2C(N)=O)CC[C@@H](C(C)(C)C)C3)cc1Cl. The van der Waals surface area contributed by atoms with E-state index in [1.807, 2.05) is 6.92 Å². The highest BCUT2D eigenvalue weighted by molar-refractivity contribution is 7.80. The van der Waals surface area contributed by atoms with E-state index < -0.39 is 11.8 Å². The number of thiophene rings is 1. The molecule has 3 rings (SSSR count). The van der Waals surface area contributed by atoms with E-state index >= 15 is 0 Å². The minimum atomic E-state index is -0.494. The van der Waals surface area contributed by atoms with Crippen molar-refractivity contribution in [2.24, 2.45) is 17.1 Å². The number of nitrogens with one attached hydrogen (secondary N) is 2. The van der Waals surface area contributed by atoms with Crippen molar-refractivity contribution in [1.82, 2.24) is 5.32 Å². The maximum absolute atomic E-state index is 12.6. The van der Waals surface area contributed by atoms with Gasteiger partial charge < -0.3 is 15.8 Å². The molecule has 1 aliphatic carbocycles. The summed E-state index contributed by atoms with van der Waals surface area (Å²) in [5, 5.41) is 6.66. The van der Waals surface area contributed by atoms with Crippen LogP contribution in [0.4, 0.5) is 5.00 Å². The molecule has 0 unspecified atom stereocenters. The molecule has 9 heteroatoms. The molecular weight excluding hydrogens is 466 g/mol. The molecule has 0 radical (unpaired) electrons. The van der Waals surface area contributed by atoms with Crippen LogP contribution in [0.1, 0.15) is 65.3 Å². The van der Waals surface area contributed by atoms with Gasteiger partial charge in [-0.3, -0.25) is 14.9 Å². The molecule has 0 bridgehead atoms. The number of anilines is 1. The summed E-state index contributed by atoms with van der Waals surface area (Å²) in [6.07, 6.45) is 2.71. The minimum absolute atomic E-state index is 0.0912. The minimum Gasteiger partial charge on any atom is -0.492 e. The van der Waals surface area contributed by atoms with Crippen molar-refractivity contribution in [3.05, 3.63) is 44.8 Å². The zero-order valence-electron chi connectivity index (χ0n) is 18.6. The van der Waals surface area contributed by atoms with Gasteiger partial charge in [0.1, 0.15) is 10.8 Å². The third-order valence-corrected chi connectivity index (χ3v) is 7.35. The van der Waals surface area contributed by atoms with Gasteiger partial charge in [0, 0.05) is 10.4 Å². The summed E-state index contributed by atoms with van der Waals surface area (Å²) >= 11 is 13.0. The fraction of sp³-hybridized carbons (Fsp3) is 0.435. The summed E-state index contributed by atoms with van der Waals surface area (Å²) in [6, 6.07) is 4.78. The van der Waals surface area contributed by atoms with Crippen LogP contribution in [0.2, 0.25) is 5.02 Å². The molecule has 1 aliphatic rings. The number of halogens is 1. The smallest absolute Gasteiger partial charge is 0.257 e. The zero-order chi connectivity index (χ0) is 23.6. The summed E-state index contributed by atoms with van der Waals surface area (Å²) in [5.74, 6) is 0.127. The van der Waals surface area contributed by atoms with E-state index in [0.29, 0.717) is 39.4 Å². The van der Waals surface area contributed by atoms with Gasteiger partial charge in [0.2, 0.25) is 0 Å². The van der Waals surface area contributed by atoms with Crippen LogP contribution in [-0.4, -0.2) is 23.5 Å². The predicted molar refractivity (Wildman–Crippen MR) is 134 cm³/mol. The van der Waals surface area contributed by atoms with Gasteiger partial charge in [0.15, 0.2) is 5.11 Å². The molecule has 1 aromatic carbocycles.